The molecule has 0 aliphatic heterocycles. The zero-order valence-electron chi connectivity index (χ0n) is 17.6. The molecule has 0 aromatic carbocycles. The summed E-state index contributed by atoms with van der Waals surface area (Å²) in [5.41, 5.74) is 0. The minimum Gasteiger partial charge on any atom is -0.324 e. The molecule has 0 saturated carbocycles. The first-order valence-electron chi connectivity index (χ1n) is 8.34. The molecule has 0 bridgehead atoms. The Morgan fingerprint density at radius 1 is 0.368 bits per heavy atom. The first-order valence-corrected chi connectivity index (χ1v) is 21.6. The van der Waals surface area contributed by atoms with Gasteiger partial charge >= 0.3 is 60.8 Å². The summed E-state index contributed by atoms with van der Waals surface area (Å²) in [6, 6.07) is 0. The predicted octanol–water partition coefficient (Wildman–Crippen LogP) is -3.11. The second kappa shape index (κ2) is 10.7. The van der Waals surface area contributed by atoms with Crippen molar-refractivity contribution >= 4 is 60.8 Å². The second-order valence-electron chi connectivity index (χ2n) is 7.53. The summed E-state index contributed by atoms with van der Waals surface area (Å²) in [7, 11) is -60.3. The average Bonchev–Trinajstić information content (AvgIpc) is 2.47. The van der Waals surface area contributed by atoms with Crippen molar-refractivity contribution in [3.63, 3.8) is 0 Å². The highest BCUT2D eigenvalue weighted by atomic mass is 31.3. The van der Waals surface area contributed by atoms with E-state index in [0.717, 1.165) is 0 Å². The standard InChI is InChI=1S/C6H22O24P8/c7-31(8,9)2-1-4(33(13,14)15,34(16,17)18)6(37(25,26)27,38(28,29)30)5(35(19,20)21,36(22,23)24)3-32(10,11)12/h1-3H2,(H2,7,8,9)(H2,10,11,12)(H2,13,14,15)(H2,16,17,18)(H2,19,20,21)(H2,22,23,24)(H2,25,26,27)(H2,28,29,30). The van der Waals surface area contributed by atoms with E-state index in [0.29, 0.717) is 0 Å². The SMILES string of the molecule is O=P(O)(O)CCC(C(C(CP(=O)(O)O)(P(=O)(O)O)P(=O)(O)O)(P(=O)(O)O)P(=O)(O)O)(P(=O)(O)O)P(=O)(O)O. The molecule has 38 heavy (non-hydrogen) atoms. The first kappa shape index (κ1) is 39.2. The molecule has 0 atom stereocenters. The highest BCUT2D eigenvalue weighted by molar-refractivity contribution is 7.85. The van der Waals surface area contributed by atoms with Crippen LogP contribution in [0.4, 0.5) is 0 Å². The Morgan fingerprint density at radius 3 is 0.789 bits per heavy atom. The minimum atomic E-state index is -8.15. The van der Waals surface area contributed by atoms with Gasteiger partial charge in [-0.1, -0.05) is 0 Å². The van der Waals surface area contributed by atoms with E-state index >= 15 is 0 Å². The number of rotatable bonds is 13. The van der Waals surface area contributed by atoms with Gasteiger partial charge in [0.1, 0.15) is 0 Å². The van der Waals surface area contributed by atoms with Crippen LogP contribution in [0.15, 0.2) is 0 Å². The lowest BCUT2D eigenvalue weighted by Gasteiger charge is -2.56. The molecule has 0 radical (unpaired) electrons. The summed E-state index contributed by atoms with van der Waals surface area (Å²) in [4.78, 5) is 137. The highest BCUT2D eigenvalue weighted by Crippen LogP contribution is 2.97. The molecular formula is C6H22O24P8. The van der Waals surface area contributed by atoms with Gasteiger partial charge in [-0.25, -0.2) is 0 Å². The molecule has 0 spiro atoms. The van der Waals surface area contributed by atoms with E-state index in [4.69, 9.17) is 9.79 Å². The molecular weight excluding hydrogens is 704 g/mol. The molecule has 0 aliphatic carbocycles. The highest BCUT2D eigenvalue weighted by Gasteiger charge is 2.96. The zero-order chi connectivity index (χ0) is 31.6. The van der Waals surface area contributed by atoms with Crippen molar-refractivity contribution in [1.29, 1.82) is 0 Å². The van der Waals surface area contributed by atoms with Gasteiger partial charge in [0.2, 0.25) is 14.7 Å². The van der Waals surface area contributed by atoms with Crippen LogP contribution >= 0.6 is 60.8 Å². The third-order valence-electron chi connectivity index (χ3n) is 5.07. The smallest absolute Gasteiger partial charge is 0.324 e. The van der Waals surface area contributed by atoms with Crippen molar-refractivity contribution in [2.24, 2.45) is 0 Å². The summed E-state index contributed by atoms with van der Waals surface area (Å²) in [6.07, 6.45) is -8.98. The molecule has 230 valence electrons. The fourth-order valence-corrected chi connectivity index (χ4v) is 24.7. The van der Waals surface area contributed by atoms with Crippen LogP contribution in [0.5, 0.6) is 0 Å². The molecule has 24 nitrogen and oxygen atoms in total. The van der Waals surface area contributed by atoms with Crippen molar-refractivity contribution < 1.29 is 115 Å². The van der Waals surface area contributed by atoms with Gasteiger partial charge in [0.05, 0.1) is 12.3 Å². The maximum Gasteiger partial charge on any atom is 0.347 e. The van der Waals surface area contributed by atoms with Crippen molar-refractivity contribution in [3.8, 4) is 0 Å². The molecule has 16 N–H and O–H groups in total. The summed E-state index contributed by atoms with van der Waals surface area (Å²) < 4.78 is 99.0. The molecule has 0 fully saturated rings. The molecule has 0 heterocycles. The molecule has 0 saturated heterocycles. The normalized spacial score (nSPS) is 16.5. The Hall–Kier alpha value is 1.20. The van der Waals surface area contributed by atoms with Gasteiger partial charge in [0.25, 0.3) is 0 Å². The van der Waals surface area contributed by atoms with E-state index in [9.17, 15) is 105 Å². The van der Waals surface area contributed by atoms with Crippen LogP contribution in [0.3, 0.4) is 0 Å². The topological polar surface area (TPSA) is 460 Å². The van der Waals surface area contributed by atoms with Gasteiger partial charge in [-0.15, -0.1) is 0 Å². The van der Waals surface area contributed by atoms with Gasteiger partial charge in [0.15, 0.2) is 0 Å². The van der Waals surface area contributed by atoms with Crippen molar-refractivity contribution in [3.05, 3.63) is 0 Å². The monoisotopic (exact) mass is 726 g/mol. The Balaban J connectivity index is 9.67. The molecule has 0 rings (SSSR count). The average molecular weight is 726 g/mol. The Morgan fingerprint density at radius 2 is 0.632 bits per heavy atom. The van der Waals surface area contributed by atoms with Crippen LogP contribution in [0.25, 0.3) is 0 Å². The van der Waals surface area contributed by atoms with Crippen molar-refractivity contribution in [2.45, 2.75) is 21.1 Å². The summed E-state index contributed by atoms with van der Waals surface area (Å²) in [5.74, 6) is 0. The van der Waals surface area contributed by atoms with E-state index < -0.39 is 94.2 Å². The van der Waals surface area contributed by atoms with Crippen LogP contribution in [0.2, 0.25) is 0 Å². The fraction of sp³-hybridized carbons (Fsp3) is 1.00. The van der Waals surface area contributed by atoms with Crippen LogP contribution < -0.4 is 0 Å². The Bertz CT molecular complexity index is 1230. The summed E-state index contributed by atoms with van der Waals surface area (Å²) in [6.45, 7) is 0. The summed E-state index contributed by atoms with van der Waals surface area (Å²) in [5, 5.41) is 0. The Kier molecular flexibility index (Phi) is 11.1. The van der Waals surface area contributed by atoms with E-state index in [1.54, 1.807) is 0 Å². The van der Waals surface area contributed by atoms with Crippen LogP contribution in [0.1, 0.15) is 6.42 Å². The zero-order valence-corrected chi connectivity index (χ0v) is 24.8. The largest absolute Gasteiger partial charge is 0.347 e. The predicted molar refractivity (Wildman–Crippen MR) is 119 cm³/mol. The van der Waals surface area contributed by atoms with Gasteiger partial charge in [-0.2, -0.15) is 0 Å². The Labute approximate surface area is 209 Å². The van der Waals surface area contributed by atoms with E-state index in [2.05, 4.69) is 0 Å². The van der Waals surface area contributed by atoms with Crippen LogP contribution in [0, 0.1) is 0 Å². The molecule has 0 aromatic rings. The van der Waals surface area contributed by atoms with Gasteiger partial charge in [0, 0.05) is 0 Å². The molecule has 0 aromatic heterocycles. The third kappa shape index (κ3) is 6.56. The van der Waals surface area contributed by atoms with Crippen LogP contribution in [-0.2, 0) is 36.5 Å². The van der Waals surface area contributed by atoms with Gasteiger partial charge in [-0.3, -0.25) is 36.5 Å². The molecule has 0 aliphatic rings. The molecule has 32 heteroatoms. The van der Waals surface area contributed by atoms with E-state index in [-0.39, 0.29) is 0 Å². The lowest BCUT2D eigenvalue weighted by atomic mass is 10.1. The fourth-order valence-electron chi connectivity index (χ4n) is 3.92. The number of hydrogen-bond donors (Lipinski definition) is 16. The van der Waals surface area contributed by atoms with E-state index in [1.807, 2.05) is 0 Å². The molecule has 0 amide bonds. The first-order chi connectivity index (χ1) is 15.9. The summed E-state index contributed by atoms with van der Waals surface area (Å²) >= 11 is 0. The maximum absolute atomic E-state index is 12.8. The van der Waals surface area contributed by atoms with E-state index in [1.165, 1.54) is 0 Å². The molecule has 0 unspecified atom stereocenters. The quantitative estimate of drug-likeness (QED) is 0.0835. The van der Waals surface area contributed by atoms with Crippen molar-refractivity contribution in [1.82, 2.24) is 0 Å². The lowest BCUT2D eigenvalue weighted by molar-refractivity contribution is 0.210. The lowest BCUT2D eigenvalue weighted by Crippen LogP contribution is -2.67. The van der Waals surface area contributed by atoms with Gasteiger partial charge < -0.3 is 78.3 Å². The minimum absolute atomic E-state index is 2.47. The number of hydrogen-bond acceptors (Lipinski definition) is 8. The van der Waals surface area contributed by atoms with Crippen LogP contribution in [-0.4, -0.2) is 105 Å². The maximum atomic E-state index is 12.8. The third-order valence-corrected chi connectivity index (χ3v) is 22.5. The second-order valence-corrected chi connectivity index (χ2v) is 22.9. The van der Waals surface area contributed by atoms with Crippen molar-refractivity contribution in [2.75, 3.05) is 12.3 Å². The van der Waals surface area contributed by atoms with Gasteiger partial charge in [-0.05, 0) is 6.42 Å².